The van der Waals surface area contributed by atoms with Gasteiger partial charge >= 0.3 is 6.18 Å². The summed E-state index contributed by atoms with van der Waals surface area (Å²) in [5, 5.41) is 3.24. The van der Waals surface area contributed by atoms with Crippen molar-refractivity contribution >= 4 is 29.2 Å². The maximum atomic E-state index is 12.6. The van der Waals surface area contributed by atoms with Crippen molar-refractivity contribution in [3.8, 4) is 0 Å². The van der Waals surface area contributed by atoms with E-state index in [2.05, 4.69) is 10.3 Å². The van der Waals surface area contributed by atoms with E-state index in [0.717, 1.165) is 24.3 Å². The van der Waals surface area contributed by atoms with Gasteiger partial charge in [-0.1, -0.05) is 18.0 Å². The summed E-state index contributed by atoms with van der Waals surface area (Å²) >= 11 is 7.47. The largest absolute Gasteiger partial charge is 0.416 e. The normalized spacial score (nSPS) is 20.3. The third kappa shape index (κ3) is 4.45. The molecule has 0 bridgehead atoms. The maximum Gasteiger partial charge on any atom is 0.416 e. The molecule has 1 N–H and O–H groups in total. The van der Waals surface area contributed by atoms with Crippen LogP contribution < -0.4 is 5.32 Å². The van der Waals surface area contributed by atoms with Crippen LogP contribution in [0, 0.1) is 0 Å². The Hall–Kier alpha value is -0.620. The van der Waals surface area contributed by atoms with Gasteiger partial charge in [-0.3, -0.25) is 0 Å². The van der Waals surface area contributed by atoms with Gasteiger partial charge in [0.15, 0.2) is 0 Å². The first-order valence-electron chi connectivity index (χ1n) is 6.05. The van der Waals surface area contributed by atoms with E-state index < -0.39 is 11.7 Å². The van der Waals surface area contributed by atoms with Crippen LogP contribution in [0.25, 0.3) is 0 Å². The maximum absolute atomic E-state index is 12.6. The molecule has 1 aromatic heterocycles. The SMILES string of the molecule is FC(F)(F)c1cc(Cl)nc(NCC2CCCCS2)c1. The van der Waals surface area contributed by atoms with Crippen LogP contribution in [0.1, 0.15) is 24.8 Å². The third-order valence-corrected chi connectivity index (χ3v) is 4.50. The summed E-state index contributed by atoms with van der Waals surface area (Å²) in [4.78, 5) is 3.88. The van der Waals surface area contributed by atoms with Gasteiger partial charge in [0.05, 0.1) is 5.56 Å². The van der Waals surface area contributed by atoms with Gasteiger partial charge in [-0.15, -0.1) is 0 Å². The number of pyridine rings is 1. The zero-order chi connectivity index (χ0) is 13.9. The second-order valence-electron chi connectivity index (χ2n) is 4.43. The Kier molecular flexibility index (Phi) is 4.84. The number of rotatable bonds is 3. The van der Waals surface area contributed by atoms with Gasteiger partial charge in [0.1, 0.15) is 11.0 Å². The highest BCUT2D eigenvalue weighted by Crippen LogP contribution is 2.32. The van der Waals surface area contributed by atoms with E-state index in [0.29, 0.717) is 11.8 Å². The summed E-state index contributed by atoms with van der Waals surface area (Å²) < 4.78 is 37.9. The lowest BCUT2D eigenvalue weighted by Crippen LogP contribution is -2.20. The number of anilines is 1. The van der Waals surface area contributed by atoms with E-state index in [1.165, 1.54) is 12.8 Å². The Bertz CT molecular complexity index is 433. The van der Waals surface area contributed by atoms with Crippen molar-refractivity contribution in [1.82, 2.24) is 4.98 Å². The van der Waals surface area contributed by atoms with Crippen molar-refractivity contribution in [3.63, 3.8) is 0 Å². The highest BCUT2D eigenvalue weighted by atomic mass is 35.5. The number of nitrogens with zero attached hydrogens (tertiary/aromatic N) is 1. The highest BCUT2D eigenvalue weighted by molar-refractivity contribution is 7.99. The van der Waals surface area contributed by atoms with Gasteiger partial charge in [0.2, 0.25) is 0 Å². The molecule has 1 unspecified atom stereocenters. The number of hydrogen-bond donors (Lipinski definition) is 1. The van der Waals surface area contributed by atoms with Crippen molar-refractivity contribution < 1.29 is 13.2 Å². The number of halogens is 4. The van der Waals surface area contributed by atoms with E-state index in [9.17, 15) is 13.2 Å². The molecular formula is C12H14ClF3N2S. The summed E-state index contributed by atoms with van der Waals surface area (Å²) in [6.45, 7) is 0.620. The molecule has 0 radical (unpaired) electrons. The molecule has 7 heteroatoms. The zero-order valence-corrected chi connectivity index (χ0v) is 11.7. The van der Waals surface area contributed by atoms with E-state index in [-0.39, 0.29) is 11.0 Å². The minimum atomic E-state index is -4.40. The first-order chi connectivity index (χ1) is 8.95. The quantitative estimate of drug-likeness (QED) is 0.835. The number of aromatic nitrogens is 1. The Morgan fingerprint density at radius 1 is 1.37 bits per heavy atom. The number of thioether (sulfide) groups is 1. The van der Waals surface area contributed by atoms with E-state index >= 15 is 0 Å². The molecular weight excluding hydrogens is 297 g/mol. The molecule has 0 saturated carbocycles. The first-order valence-corrected chi connectivity index (χ1v) is 7.48. The fourth-order valence-electron chi connectivity index (χ4n) is 1.94. The second-order valence-corrected chi connectivity index (χ2v) is 6.23. The van der Waals surface area contributed by atoms with Crippen LogP contribution in [0.4, 0.5) is 19.0 Å². The van der Waals surface area contributed by atoms with Gasteiger partial charge in [-0.25, -0.2) is 4.98 Å². The van der Waals surface area contributed by atoms with E-state index in [4.69, 9.17) is 11.6 Å². The lowest BCUT2D eigenvalue weighted by Gasteiger charge is -2.21. The Morgan fingerprint density at radius 2 is 2.16 bits per heavy atom. The first kappa shape index (κ1) is 14.8. The number of hydrogen-bond acceptors (Lipinski definition) is 3. The predicted octanol–water partition coefficient (Wildman–Crippen LogP) is 4.45. The van der Waals surface area contributed by atoms with Crippen LogP contribution in [-0.4, -0.2) is 22.5 Å². The summed E-state index contributed by atoms with van der Waals surface area (Å²) in [6.07, 6.45) is -0.919. The Morgan fingerprint density at radius 3 is 2.79 bits per heavy atom. The van der Waals surface area contributed by atoms with Crippen LogP contribution in [0.5, 0.6) is 0 Å². The highest BCUT2D eigenvalue weighted by Gasteiger charge is 2.31. The van der Waals surface area contributed by atoms with Gasteiger partial charge in [0.25, 0.3) is 0 Å². The van der Waals surface area contributed by atoms with Crippen LogP contribution in [0.2, 0.25) is 5.15 Å². The lowest BCUT2D eigenvalue weighted by atomic mass is 10.2. The zero-order valence-electron chi connectivity index (χ0n) is 10.1. The van der Waals surface area contributed by atoms with Crippen molar-refractivity contribution in [2.75, 3.05) is 17.6 Å². The molecule has 1 saturated heterocycles. The van der Waals surface area contributed by atoms with Gasteiger partial charge in [0, 0.05) is 11.8 Å². The molecule has 1 aromatic rings. The number of nitrogens with one attached hydrogen (secondary N) is 1. The van der Waals surface area contributed by atoms with Crippen LogP contribution >= 0.6 is 23.4 Å². The summed E-state index contributed by atoms with van der Waals surface area (Å²) in [5.41, 5.74) is -0.772. The third-order valence-electron chi connectivity index (χ3n) is 2.91. The molecule has 0 aromatic carbocycles. The fourth-order valence-corrected chi connectivity index (χ4v) is 3.39. The average Bonchev–Trinajstić information content (AvgIpc) is 2.36. The van der Waals surface area contributed by atoms with Crippen LogP contribution in [0.3, 0.4) is 0 Å². The monoisotopic (exact) mass is 310 g/mol. The standard InChI is InChI=1S/C12H14ClF3N2S/c13-10-5-8(12(14,15)16)6-11(18-10)17-7-9-3-1-2-4-19-9/h5-6,9H,1-4,7H2,(H,17,18). The van der Waals surface area contributed by atoms with Gasteiger partial charge < -0.3 is 5.32 Å². The Balaban J connectivity index is 2.01. The van der Waals surface area contributed by atoms with Gasteiger partial charge in [-0.2, -0.15) is 24.9 Å². The molecule has 1 aliphatic rings. The van der Waals surface area contributed by atoms with E-state index in [1.807, 2.05) is 11.8 Å². The molecule has 19 heavy (non-hydrogen) atoms. The molecule has 1 aliphatic heterocycles. The molecule has 2 rings (SSSR count). The smallest absolute Gasteiger partial charge is 0.369 e. The molecule has 0 amide bonds. The minimum Gasteiger partial charge on any atom is -0.369 e. The van der Waals surface area contributed by atoms with Gasteiger partial charge in [-0.05, 0) is 30.7 Å². The fraction of sp³-hybridized carbons (Fsp3) is 0.583. The van der Waals surface area contributed by atoms with Crippen molar-refractivity contribution in [2.24, 2.45) is 0 Å². The molecule has 1 fully saturated rings. The van der Waals surface area contributed by atoms with Crippen molar-refractivity contribution in [3.05, 3.63) is 22.8 Å². The van der Waals surface area contributed by atoms with Crippen molar-refractivity contribution in [1.29, 1.82) is 0 Å². The molecule has 0 aliphatic carbocycles. The average molecular weight is 311 g/mol. The predicted molar refractivity (Wildman–Crippen MR) is 72.8 cm³/mol. The van der Waals surface area contributed by atoms with Crippen LogP contribution in [-0.2, 0) is 6.18 Å². The summed E-state index contributed by atoms with van der Waals surface area (Å²) in [5.74, 6) is 1.30. The molecule has 1 atom stereocenters. The topological polar surface area (TPSA) is 24.9 Å². The molecule has 106 valence electrons. The molecule has 0 spiro atoms. The summed E-state index contributed by atoms with van der Waals surface area (Å²) in [7, 11) is 0. The van der Waals surface area contributed by atoms with E-state index in [1.54, 1.807) is 0 Å². The molecule has 2 nitrogen and oxygen atoms in total. The molecule has 2 heterocycles. The van der Waals surface area contributed by atoms with Crippen molar-refractivity contribution in [2.45, 2.75) is 30.7 Å². The summed E-state index contributed by atoms with van der Waals surface area (Å²) in [6, 6.07) is 1.83. The minimum absolute atomic E-state index is 0.145. The lowest BCUT2D eigenvalue weighted by molar-refractivity contribution is -0.137. The second kappa shape index (κ2) is 6.22. The number of alkyl halides is 3. The van der Waals surface area contributed by atoms with Crippen LogP contribution in [0.15, 0.2) is 12.1 Å². The Labute approximate surface area is 119 Å².